The number of hydrogen-bond acceptors (Lipinski definition) is 3. The first kappa shape index (κ1) is 15.9. The highest BCUT2D eigenvalue weighted by atomic mass is 16.4. The van der Waals surface area contributed by atoms with Crippen LogP contribution in [-0.4, -0.2) is 60.5 Å². The quantitative estimate of drug-likeness (QED) is 0.689. The second-order valence-electron chi connectivity index (χ2n) is 4.93. The van der Waals surface area contributed by atoms with Crippen molar-refractivity contribution >= 4 is 11.9 Å². The number of nitrogens with zero attached hydrogens (tertiary/aromatic N) is 2. The third-order valence-corrected chi connectivity index (χ3v) is 2.35. The lowest BCUT2D eigenvalue weighted by Crippen LogP contribution is -2.38. The van der Waals surface area contributed by atoms with E-state index in [-0.39, 0.29) is 12.3 Å². The number of carboxylic acids is 1. The summed E-state index contributed by atoms with van der Waals surface area (Å²) in [5.41, 5.74) is 0. The van der Waals surface area contributed by atoms with E-state index in [1.54, 1.807) is 4.90 Å². The molecule has 0 spiro atoms. The number of hydrogen-bond donors (Lipinski definition) is 1. The van der Waals surface area contributed by atoms with Crippen LogP contribution >= 0.6 is 0 Å². The molecule has 100 valence electrons. The van der Waals surface area contributed by atoms with Crippen molar-refractivity contribution in [2.75, 3.05) is 33.7 Å². The standard InChI is InChI=1S/C12H24N2O3/c1-10(2)9-11(15)14(6-5-12(16)17)8-7-13(3)4/h10H,5-9H2,1-4H3,(H,16,17). The molecule has 5 heteroatoms. The Labute approximate surface area is 103 Å². The molecule has 0 aliphatic heterocycles. The molecule has 1 amide bonds. The van der Waals surface area contributed by atoms with Crippen LogP contribution in [0.2, 0.25) is 0 Å². The van der Waals surface area contributed by atoms with Gasteiger partial charge in [0.1, 0.15) is 0 Å². The average Bonchev–Trinajstić information content (AvgIpc) is 2.15. The summed E-state index contributed by atoms with van der Waals surface area (Å²) in [5, 5.41) is 8.66. The highest BCUT2D eigenvalue weighted by Gasteiger charge is 2.15. The average molecular weight is 244 g/mol. The second-order valence-corrected chi connectivity index (χ2v) is 4.93. The number of carboxylic acid groups (broad SMARTS) is 1. The number of carbonyl (C=O) groups is 2. The Kier molecular flexibility index (Phi) is 7.54. The third-order valence-electron chi connectivity index (χ3n) is 2.35. The number of carbonyl (C=O) groups excluding carboxylic acids is 1. The number of amides is 1. The van der Waals surface area contributed by atoms with E-state index in [2.05, 4.69) is 0 Å². The van der Waals surface area contributed by atoms with Crippen molar-refractivity contribution in [3.63, 3.8) is 0 Å². The van der Waals surface area contributed by atoms with Crippen molar-refractivity contribution < 1.29 is 14.7 Å². The number of rotatable bonds is 8. The zero-order chi connectivity index (χ0) is 13.4. The second kappa shape index (κ2) is 8.06. The minimum Gasteiger partial charge on any atom is -0.481 e. The van der Waals surface area contributed by atoms with Crippen LogP contribution in [0.4, 0.5) is 0 Å². The minimum atomic E-state index is -0.864. The molecule has 0 saturated heterocycles. The Hall–Kier alpha value is -1.10. The van der Waals surface area contributed by atoms with E-state index in [1.165, 1.54) is 0 Å². The molecule has 0 aliphatic rings. The van der Waals surface area contributed by atoms with Crippen molar-refractivity contribution in [3.8, 4) is 0 Å². The zero-order valence-corrected chi connectivity index (χ0v) is 11.3. The summed E-state index contributed by atoms with van der Waals surface area (Å²) in [4.78, 5) is 26.1. The summed E-state index contributed by atoms with van der Waals surface area (Å²) < 4.78 is 0. The summed E-state index contributed by atoms with van der Waals surface area (Å²) in [5.74, 6) is -0.519. The topological polar surface area (TPSA) is 60.9 Å². The van der Waals surface area contributed by atoms with Gasteiger partial charge in [-0.2, -0.15) is 0 Å². The molecule has 0 fully saturated rings. The van der Waals surface area contributed by atoms with Gasteiger partial charge < -0.3 is 14.9 Å². The molecule has 0 rings (SSSR count). The molecule has 0 aromatic carbocycles. The Bertz CT molecular complexity index is 252. The summed E-state index contributed by atoms with van der Waals surface area (Å²) in [6.45, 7) is 5.61. The van der Waals surface area contributed by atoms with Gasteiger partial charge in [0.05, 0.1) is 6.42 Å². The van der Waals surface area contributed by atoms with Gasteiger partial charge in [-0.25, -0.2) is 0 Å². The van der Waals surface area contributed by atoms with Crippen LogP contribution in [-0.2, 0) is 9.59 Å². The van der Waals surface area contributed by atoms with Gasteiger partial charge in [0, 0.05) is 26.1 Å². The summed E-state index contributed by atoms with van der Waals surface area (Å²) in [6.07, 6.45) is 0.490. The summed E-state index contributed by atoms with van der Waals surface area (Å²) >= 11 is 0. The van der Waals surface area contributed by atoms with Crippen LogP contribution in [0, 0.1) is 5.92 Å². The van der Waals surface area contributed by atoms with Crippen molar-refractivity contribution in [1.29, 1.82) is 0 Å². The predicted molar refractivity (Wildman–Crippen MR) is 66.8 cm³/mol. The fraction of sp³-hybridized carbons (Fsp3) is 0.833. The first-order chi connectivity index (χ1) is 7.82. The van der Waals surface area contributed by atoms with E-state index in [9.17, 15) is 9.59 Å². The first-order valence-electron chi connectivity index (χ1n) is 5.97. The highest BCUT2D eigenvalue weighted by Crippen LogP contribution is 2.05. The molecular weight excluding hydrogens is 220 g/mol. The zero-order valence-electron chi connectivity index (χ0n) is 11.3. The Balaban J connectivity index is 4.27. The van der Waals surface area contributed by atoms with Crippen LogP contribution in [0.1, 0.15) is 26.7 Å². The molecule has 0 unspecified atom stereocenters. The van der Waals surface area contributed by atoms with E-state index in [0.717, 1.165) is 6.54 Å². The normalized spacial score (nSPS) is 10.9. The Morgan fingerprint density at radius 3 is 2.12 bits per heavy atom. The molecular formula is C12H24N2O3. The van der Waals surface area contributed by atoms with E-state index >= 15 is 0 Å². The molecule has 0 aromatic heterocycles. The molecule has 0 radical (unpaired) electrons. The monoisotopic (exact) mass is 244 g/mol. The molecule has 0 saturated carbocycles. The van der Waals surface area contributed by atoms with E-state index in [4.69, 9.17) is 5.11 Å². The van der Waals surface area contributed by atoms with E-state index < -0.39 is 5.97 Å². The lowest BCUT2D eigenvalue weighted by atomic mass is 10.1. The molecule has 0 aromatic rings. The first-order valence-corrected chi connectivity index (χ1v) is 5.97. The maximum Gasteiger partial charge on any atom is 0.305 e. The lowest BCUT2D eigenvalue weighted by molar-refractivity contribution is -0.138. The van der Waals surface area contributed by atoms with Gasteiger partial charge in [-0.3, -0.25) is 9.59 Å². The lowest BCUT2D eigenvalue weighted by Gasteiger charge is -2.24. The SMILES string of the molecule is CC(C)CC(=O)N(CCC(=O)O)CCN(C)C. The highest BCUT2D eigenvalue weighted by molar-refractivity contribution is 5.77. The van der Waals surface area contributed by atoms with Crippen LogP contribution < -0.4 is 0 Å². The van der Waals surface area contributed by atoms with Crippen molar-refractivity contribution in [1.82, 2.24) is 9.80 Å². The van der Waals surface area contributed by atoms with E-state index in [1.807, 2.05) is 32.8 Å². The van der Waals surface area contributed by atoms with Crippen molar-refractivity contribution in [2.24, 2.45) is 5.92 Å². The Morgan fingerprint density at radius 2 is 1.71 bits per heavy atom. The summed E-state index contributed by atoms with van der Waals surface area (Å²) in [6, 6.07) is 0. The fourth-order valence-electron chi connectivity index (χ4n) is 1.39. The molecule has 17 heavy (non-hydrogen) atoms. The van der Waals surface area contributed by atoms with Crippen LogP contribution in [0.5, 0.6) is 0 Å². The molecule has 0 atom stereocenters. The third kappa shape index (κ3) is 8.68. The molecule has 0 heterocycles. The fourth-order valence-corrected chi connectivity index (χ4v) is 1.39. The van der Waals surface area contributed by atoms with Crippen LogP contribution in [0.25, 0.3) is 0 Å². The number of likely N-dealkylation sites (N-methyl/N-ethyl adjacent to an activating group) is 1. The van der Waals surface area contributed by atoms with Crippen LogP contribution in [0.3, 0.4) is 0 Å². The number of aliphatic carboxylic acids is 1. The van der Waals surface area contributed by atoms with Gasteiger partial charge in [-0.15, -0.1) is 0 Å². The minimum absolute atomic E-state index is 0.0112. The van der Waals surface area contributed by atoms with Gasteiger partial charge >= 0.3 is 5.97 Å². The van der Waals surface area contributed by atoms with Gasteiger partial charge in [0.2, 0.25) is 5.91 Å². The largest absolute Gasteiger partial charge is 0.481 e. The van der Waals surface area contributed by atoms with Crippen molar-refractivity contribution in [3.05, 3.63) is 0 Å². The smallest absolute Gasteiger partial charge is 0.305 e. The van der Waals surface area contributed by atoms with Gasteiger partial charge in [-0.1, -0.05) is 13.8 Å². The van der Waals surface area contributed by atoms with E-state index in [0.29, 0.717) is 25.4 Å². The Morgan fingerprint density at radius 1 is 1.12 bits per heavy atom. The van der Waals surface area contributed by atoms with Crippen molar-refractivity contribution in [2.45, 2.75) is 26.7 Å². The maximum absolute atomic E-state index is 11.9. The molecule has 0 aliphatic carbocycles. The van der Waals surface area contributed by atoms with Crippen LogP contribution in [0.15, 0.2) is 0 Å². The predicted octanol–water partition coefficient (Wildman–Crippen LogP) is 0.897. The molecule has 0 bridgehead atoms. The molecule has 1 N–H and O–H groups in total. The molecule has 5 nitrogen and oxygen atoms in total. The van der Waals surface area contributed by atoms with Gasteiger partial charge in [0.25, 0.3) is 0 Å². The maximum atomic E-state index is 11.9. The summed E-state index contributed by atoms with van der Waals surface area (Å²) in [7, 11) is 3.87. The van der Waals surface area contributed by atoms with Gasteiger partial charge in [-0.05, 0) is 20.0 Å². The van der Waals surface area contributed by atoms with Gasteiger partial charge in [0.15, 0.2) is 0 Å².